The van der Waals surface area contributed by atoms with Gasteiger partial charge in [-0.15, -0.1) is 11.3 Å². The third-order valence-corrected chi connectivity index (χ3v) is 4.72. The van der Waals surface area contributed by atoms with E-state index in [4.69, 9.17) is 5.11 Å². The van der Waals surface area contributed by atoms with Crippen molar-refractivity contribution in [2.24, 2.45) is 0 Å². The lowest BCUT2D eigenvalue weighted by atomic mass is 10.1. The molecule has 0 radical (unpaired) electrons. The number of rotatable bonds is 4. The molecule has 0 unspecified atom stereocenters. The predicted molar refractivity (Wildman–Crippen MR) is 83.8 cm³/mol. The Morgan fingerprint density at radius 2 is 2.25 bits per heavy atom. The molecule has 2 heterocycles. The Kier molecular flexibility index (Phi) is 3.42. The molecule has 0 saturated carbocycles. The van der Waals surface area contributed by atoms with Crippen LogP contribution in [0.5, 0.6) is 0 Å². The standard InChI is InChI=1S/C14H12N2O2S2/c1-8-5-9-7-11(14(17)18)15-13(9)10(6-8)16-20-12-3-2-4-19-12/h2-7,15-16H,1H3,(H,17,18). The summed E-state index contributed by atoms with van der Waals surface area (Å²) in [5, 5.41) is 12.0. The highest BCUT2D eigenvalue weighted by Gasteiger charge is 2.11. The van der Waals surface area contributed by atoms with E-state index in [1.54, 1.807) is 17.4 Å². The van der Waals surface area contributed by atoms with Gasteiger partial charge in [0.1, 0.15) is 5.69 Å². The van der Waals surface area contributed by atoms with Crippen LogP contribution in [-0.4, -0.2) is 16.1 Å². The van der Waals surface area contributed by atoms with Crippen LogP contribution in [-0.2, 0) is 0 Å². The number of hydrogen-bond donors (Lipinski definition) is 3. The van der Waals surface area contributed by atoms with Crippen molar-refractivity contribution in [3.63, 3.8) is 0 Å². The predicted octanol–water partition coefficient (Wildman–Crippen LogP) is 4.36. The smallest absolute Gasteiger partial charge is 0.352 e. The number of benzene rings is 1. The van der Waals surface area contributed by atoms with Crippen LogP contribution in [0.2, 0.25) is 0 Å². The molecule has 0 aliphatic carbocycles. The number of fused-ring (bicyclic) bond motifs is 1. The minimum Gasteiger partial charge on any atom is -0.477 e. The van der Waals surface area contributed by atoms with Crippen molar-refractivity contribution in [2.75, 3.05) is 4.72 Å². The molecule has 2 aromatic heterocycles. The average molecular weight is 304 g/mol. The van der Waals surface area contributed by atoms with Gasteiger partial charge in [0, 0.05) is 5.39 Å². The highest BCUT2D eigenvalue weighted by molar-refractivity contribution is 8.02. The lowest BCUT2D eigenvalue weighted by Gasteiger charge is -2.06. The highest BCUT2D eigenvalue weighted by atomic mass is 32.2. The van der Waals surface area contributed by atoms with Gasteiger partial charge in [-0.05, 0) is 54.1 Å². The van der Waals surface area contributed by atoms with Gasteiger partial charge < -0.3 is 14.8 Å². The number of hydrogen-bond acceptors (Lipinski definition) is 4. The van der Waals surface area contributed by atoms with Crippen molar-refractivity contribution >= 4 is 45.8 Å². The first-order valence-electron chi connectivity index (χ1n) is 5.96. The summed E-state index contributed by atoms with van der Waals surface area (Å²) in [5.74, 6) is -0.948. The number of carbonyl (C=O) groups is 1. The summed E-state index contributed by atoms with van der Waals surface area (Å²) in [7, 11) is 0. The fourth-order valence-electron chi connectivity index (χ4n) is 2.02. The third-order valence-electron chi connectivity index (χ3n) is 2.86. The van der Waals surface area contributed by atoms with E-state index in [2.05, 4.69) is 9.71 Å². The summed E-state index contributed by atoms with van der Waals surface area (Å²) in [4.78, 5) is 14.0. The van der Waals surface area contributed by atoms with E-state index in [9.17, 15) is 4.79 Å². The molecule has 0 aliphatic rings. The maximum atomic E-state index is 11.1. The Hall–Kier alpha value is -1.92. The van der Waals surface area contributed by atoms with Crippen molar-refractivity contribution in [1.82, 2.24) is 4.98 Å². The summed E-state index contributed by atoms with van der Waals surface area (Å²) in [6, 6.07) is 9.67. The summed E-state index contributed by atoms with van der Waals surface area (Å²) in [5.41, 5.74) is 3.00. The fourth-order valence-corrected chi connectivity index (χ4v) is 3.47. The molecule has 0 atom stereocenters. The van der Waals surface area contributed by atoms with Gasteiger partial charge in [-0.2, -0.15) is 0 Å². The molecule has 0 spiro atoms. The summed E-state index contributed by atoms with van der Waals surface area (Å²) < 4.78 is 4.44. The Morgan fingerprint density at radius 1 is 1.40 bits per heavy atom. The topological polar surface area (TPSA) is 65.1 Å². The lowest BCUT2D eigenvalue weighted by molar-refractivity contribution is 0.0691. The molecule has 0 amide bonds. The maximum absolute atomic E-state index is 11.1. The second kappa shape index (κ2) is 5.22. The Morgan fingerprint density at radius 3 is 2.95 bits per heavy atom. The number of aromatic amines is 1. The highest BCUT2D eigenvalue weighted by Crippen LogP contribution is 2.31. The first kappa shape index (κ1) is 13.1. The molecular weight excluding hydrogens is 292 g/mol. The van der Waals surface area contributed by atoms with E-state index in [1.807, 2.05) is 36.6 Å². The van der Waals surface area contributed by atoms with Crippen molar-refractivity contribution in [2.45, 2.75) is 11.1 Å². The molecule has 6 heteroatoms. The Labute approximate surface area is 124 Å². The van der Waals surface area contributed by atoms with Crippen molar-refractivity contribution in [3.8, 4) is 0 Å². The van der Waals surface area contributed by atoms with Gasteiger partial charge in [0.15, 0.2) is 0 Å². The number of carboxylic acid groups (broad SMARTS) is 1. The van der Waals surface area contributed by atoms with Gasteiger partial charge in [-0.25, -0.2) is 4.79 Å². The molecule has 4 nitrogen and oxygen atoms in total. The van der Waals surface area contributed by atoms with E-state index in [1.165, 1.54) is 11.9 Å². The minimum atomic E-state index is -0.948. The van der Waals surface area contributed by atoms with E-state index in [0.717, 1.165) is 26.4 Å². The summed E-state index contributed by atoms with van der Waals surface area (Å²) in [6.45, 7) is 1.99. The third kappa shape index (κ3) is 2.52. The van der Waals surface area contributed by atoms with Crippen LogP contribution in [0.25, 0.3) is 10.9 Å². The van der Waals surface area contributed by atoms with Gasteiger partial charge in [0.25, 0.3) is 0 Å². The van der Waals surface area contributed by atoms with Crippen LogP contribution in [0.1, 0.15) is 16.1 Å². The Bertz CT molecular complexity index is 763. The van der Waals surface area contributed by atoms with E-state index in [-0.39, 0.29) is 5.69 Å². The average Bonchev–Trinajstić information content (AvgIpc) is 3.04. The number of carboxylic acids is 1. The molecular formula is C14H12N2O2S2. The SMILES string of the molecule is Cc1cc(NSc2cccs2)c2[nH]c(C(=O)O)cc2c1. The summed E-state index contributed by atoms with van der Waals surface area (Å²) >= 11 is 3.18. The number of aromatic carboxylic acids is 1. The van der Waals surface area contributed by atoms with Gasteiger partial charge >= 0.3 is 5.97 Å². The van der Waals surface area contributed by atoms with Crippen LogP contribution in [0.4, 0.5) is 5.69 Å². The zero-order chi connectivity index (χ0) is 14.1. The van der Waals surface area contributed by atoms with Gasteiger partial charge in [0.05, 0.1) is 15.4 Å². The van der Waals surface area contributed by atoms with Crippen LogP contribution in [0.15, 0.2) is 39.9 Å². The molecule has 0 saturated heterocycles. The van der Waals surface area contributed by atoms with Crippen molar-refractivity contribution in [1.29, 1.82) is 0 Å². The zero-order valence-electron chi connectivity index (χ0n) is 10.6. The summed E-state index contributed by atoms with van der Waals surface area (Å²) in [6.07, 6.45) is 0. The number of nitrogens with one attached hydrogen (secondary N) is 2. The van der Waals surface area contributed by atoms with Crippen LogP contribution in [0.3, 0.4) is 0 Å². The number of aromatic nitrogens is 1. The van der Waals surface area contributed by atoms with Crippen LogP contribution in [0, 0.1) is 6.92 Å². The van der Waals surface area contributed by atoms with Crippen molar-refractivity contribution < 1.29 is 9.90 Å². The lowest BCUT2D eigenvalue weighted by Crippen LogP contribution is -1.95. The second-order valence-corrected chi connectivity index (χ2v) is 6.46. The van der Waals surface area contributed by atoms with Gasteiger partial charge in [-0.3, -0.25) is 0 Å². The number of thiophene rings is 1. The molecule has 102 valence electrons. The van der Waals surface area contributed by atoms with E-state index < -0.39 is 5.97 Å². The molecule has 1 aromatic carbocycles. The monoisotopic (exact) mass is 304 g/mol. The Balaban J connectivity index is 1.98. The molecule has 3 N–H and O–H groups in total. The minimum absolute atomic E-state index is 0.203. The number of anilines is 1. The van der Waals surface area contributed by atoms with Crippen LogP contribution >= 0.6 is 23.3 Å². The molecule has 0 aliphatic heterocycles. The molecule has 0 bridgehead atoms. The second-order valence-electron chi connectivity index (χ2n) is 4.40. The van der Waals surface area contributed by atoms with E-state index in [0.29, 0.717) is 0 Å². The van der Waals surface area contributed by atoms with Crippen LogP contribution < -0.4 is 4.72 Å². The first-order valence-corrected chi connectivity index (χ1v) is 7.66. The number of aryl methyl sites for hydroxylation is 1. The van der Waals surface area contributed by atoms with Gasteiger partial charge in [-0.1, -0.05) is 6.07 Å². The fraction of sp³-hybridized carbons (Fsp3) is 0.0714. The molecule has 3 rings (SSSR count). The molecule has 20 heavy (non-hydrogen) atoms. The quantitative estimate of drug-likeness (QED) is 0.627. The molecule has 3 aromatic rings. The maximum Gasteiger partial charge on any atom is 0.352 e. The zero-order valence-corrected chi connectivity index (χ0v) is 12.3. The number of H-pyrrole nitrogens is 1. The first-order chi connectivity index (χ1) is 9.63. The molecule has 0 fully saturated rings. The largest absolute Gasteiger partial charge is 0.477 e. The van der Waals surface area contributed by atoms with E-state index >= 15 is 0 Å². The van der Waals surface area contributed by atoms with Gasteiger partial charge in [0.2, 0.25) is 0 Å². The normalized spacial score (nSPS) is 10.8. The van der Waals surface area contributed by atoms with Crippen molar-refractivity contribution in [3.05, 3.63) is 47.0 Å².